The van der Waals surface area contributed by atoms with Crippen LogP contribution in [0.1, 0.15) is 31.9 Å². The Balaban J connectivity index is 2.05. The number of hydrogen-bond acceptors (Lipinski definition) is 5. The number of nitrogens with one attached hydrogen (secondary N) is 1. The number of carbonyl (C=O) groups excluding carboxylic acids is 2. The van der Waals surface area contributed by atoms with Crippen molar-refractivity contribution in [2.45, 2.75) is 45.2 Å². The number of likely N-dealkylation sites (N-methyl/N-ethyl adjacent to an activating group) is 1. The number of aryl methyl sites for hydroxylation is 1. The molecule has 0 saturated carbocycles. The Morgan fingerprint density at radius 2 is 1.55 bits per heavy atom. The van der Waals surface area contributed by atoms with E-state index in [0.29, 0.717) is 40.2 Å². The molecule has 0 radical (unpaired) electrons. The molecule has 0 heterocycles. The summed E-state index contributed by atoms with van der Waals surface area (Å²) in [5, 5.41) is 3.37. The second-order valence-corrected chi connectivity index (χ2v) is 11.7. The first kappa shape index (κ1) is 31.3. The number of anilines is 1. The molecular formula is C29H33Cl2N3O5S. The minimum atomic E-state index is -4.20. The Morgan fingerprint density at radius 3 is 2.10 bits per heavy atom. The zero-order chi connectivity index (χ0) is 29.4. The lowest BCUT2D eigenvalue weighted by molar-refractivity contribution is -0.139. The van der Waals surface area contributed by atoms with Gasteiger partial charge in [-0.05, 0) is 76.2 Å². The normalized spacial score (nSPS) is 11.9. The predicted molar refractivity (Wildman–Crippen MR) is 158 cm³/mol. The van der Waals surface area contributed by atoms with Gasteiger partial charge in [0, 0.05) is 28.7 Å². The third-order valence-electron chi connectivity index (χ3n) is 6.23. The Hall–Kier alpha value is -3.27. The van der Waals surface area contributed by atoms with E-state index in [9.17, 15) is 18.0 Å². The number of sulfonamides is 1. The van der Waals surface area contributed by atoms with Crippen molar-refractivity contribution in [1.82, 2.24) is 10.2 Å². The Labute approximate surface area is 245 Å². The topological polar surface area (TPSA) is 96.0 Å². The molecule has 3 rings (SSSR count). The van der Waals surface area contributed by atoms with E-state index < -0.39 is 34.4 Å². The fourth-order valence-corrected chi connectivity index (χ4v) is 5.93. The molecule has 0 aliphatic carbocycles. The van der Waals surface area contributed by atoms with Crippen molar-refractivity contribution in [3.8, 4) is 5.75 Å². The Bertz CT molecular complexity index is 1410. The first-order valence-electron chi connectivity index (χ1n) is 12.8. The van der Waals surface area contributed by atoms with Crippen LogP contribution >= 0.6 is 23.2 Å². The number of hydrogen-bond donors (Lipinski definition) is 1. The molecule has 0 aromatic heterocycles. The first-order valence-corrected chi connectivity index (χ1v) is 15.0. The lowest BCUT2D eigenvalue weighted by atomic mass is 10.1. The number of carbonyl (C=O) groups is 2. The van der Waals surface area contributed by atoms with E-state index in [1.54, 1.807) is 68.4 Å². The number of nitrogens with zero attached hydrogens (tertiary/aromatic N) is 2. The molecule has 0 aliphatic rings. The molecule has 1 N–H and O–H groups in total. The molecule has 0 bridgehead atoms. The van der Waals surface area contributed by atoms with Crippen LogP contribution in [0.25, 0.3) is 0 Å². The number of benzene rings is 3. The second-order valence-electron chi connectivity index (χ2n) is 9.04. The maximum atomic E-state index is 13.9. The molecule has 1 atom stereocenters. The summed E-state index contributed by atoms with van der Waals surface area (Å²) < 4.78 is 34.3. The zero-order valence-corrected chi connectivity index (χ0v) is 25.2. The van der Waals surface area contributed by atoms with Crippen molar-refractivity contribution in [2.24, 2.45) is 0 Å². The average molecular weight is 607 g/mol. The molecule has 2 amide bonds. The van der Waals surface area contributed by atoms with Crippen LogP contribution in [0.2, 0.25) is 10.0 Å². The SMILES string of the molecule is CCNC(=O)[C@H](C)N(Cc1c(Cl)cccc1Cl)C(=O)CN(c1ccc(C)cc1)S(=O)(=O)c1ccc(OCC)cc1. The molecule has 0 aliphatic heterocycles. The predicted octanol–water partition coefficient (Wildman–Crippen LogP) is 5.45. The average Bonchev–Trinajstić information content (AvgIpc) is 2.92. The maximum Gasteiger partial charge on any atom is 0.264 e. The van der Waals surface area contributed by atoms with E-state index in [4.69, 9.17) is 27.9 Å². The van der Waals surface area contributed by atoms with Crippen molar-refractivity contribution in [2.75, 3.05) is 24.0 Å². The lowest BCUT2D eigenvalue weighted by Crippen LogP contribution is -2.51. The van der Waals surface area contributed by atoms with Crippen LogP contribution in [0, 0.1) is 6.92 Å². The van der Waals surface area contributed by atoms with Crippen LogP contribution in [0.4, 0.5) is 5.69 Å². The number of ether oxygens (including phenoxy) is 1. The Kier molecular flexibility index (Phi) is 10.8. The summed E-state index contributed by atoms with van der Waals surface area (Å²) in [6, 6.07) is 16.8. The van der Waals surface area contributed by atoms with Crippen LogP contribution in [0.15, 0.2) is 71.6 Å². The van der Waals surface area contributed by atoms with E-state index in [1.165, 1.54) is 17.0 Å². The van der Waals surface area contributed by atoms with Gasteiger partial charge >= 0.3 is 0 Å². The lowest BCUT2D eigenvalue weighted by Gasteiger charge is -2.32. The highest BCUT2D eigenvalue weighted by Crippen LogP contribution is 2.29. The van der Waals surface area contributed by atoms with E-state index in [-0.39, 0.29) is 11.4 Å². The molecule has 0 spiro atoms. The fourth-order valence-electron chi connectivity index (χ4n) is 4.00. The Morgan fingerprint density at radius 1 is 0.950 bits per heavy atom. The van der Waals surface area contributed by atoms with Gasteiger partial charge in [0.15, 0.2) is 0 Å². The molecule has 3 aromatic rings. The smallest absolute Gasteiger partial charge is 0.264 e. The molecule has 11 heteroatoms. The van der Waals surface area contributed by atoms with Crippen LogP contribution < -0.4 is 14.4 Å². The number of halogens is 2. The summed E-state index contributed by atoms with van der Waals surface area (Å²) in [6.07, 6.45) is 0. The number of amides is 2. The highest BCUT2D eigenvalue weighted by atomic mass is 35.5. The van der Waals surface area contributed by atoms with Gasteiger partial charge in [-0.3, -0.25) is 13.9 Å². The van der Waals surface area contributed by atoms with Gasteiger partial charge in [-0.2, -0.15) is 0 Å². The standard InChI is InChI=1S/C29H33Cl2N3O5S/c1-5-32-29(36)21(4)33(18-25-26(30)8-7-9-27(25)31)28(35)19-34(22-12-10-20(3)11-13-22)40(37,38)24-16-14-23(15-17-24)39-6-2/h7-17,21H,5-6,18-19H2,1-4H3,(H,32,36)/t21-/m0/s1. The van der Waals surface area contributed by atoms with Gasteiger partial charge in [-0.25, -0.2) is 8.42 Å². The van der Waals surface area contributed by atoms with Crippen LogP contribution in [-0.4, -0.2) is 50.9 Å². The van der Waals surface area contributed by atoms with E-state index >= 15 is 0 Å². The second kappa shape index (κ2) is 13.9. The van der Waals surface area contributed by atoms with Gasteiger partial charge < -0.3 is 15.0 Å². The summed E-state index contributed by atoms with van der Waals surface area (Å²) in [7, 11) is -4.20. The fraction of sp³-hybridized carbons (Fsp3) is 0.310. The first-order chi connectivity index (χ1) is 19.0. The minimum Gasteiger partial charge on any atom is -0.494 e. The largest absolute Gasteiger partial charge is 0.494 e. The van der Waals surface area contributed by atoms with E-state index in [2.05, 4.69) is 5.32 Å². The van der Waals surface area contributed by atoms with Crippen molar-refractivity contribution in [3.63, 3.8) is 0 Å². The summed E-state index contributed by atoms with van der Waals surface area (Å²) in [5.41, 5.74) is 1.68. The van der Waals surface area contributed by atoms with Gasteiger partial charge in [0.05, 0.1) is 17.2 Å². The van der Waals surface area contributed by atoms with Gasteiger partial charge in [-0.1, -0.05) is 47.0 Å². The maximum absolute atomic E-state index is 13.9. The summed E-state index contributed by atoms with van der Waals surface area (Å²) in [6.45, 7) is 7.19. The summed E-state index contributed by atoms with van der Waals surface area (Å²) >= 11 is 12.8. The molecule has 0 fully saturated rings. The monoisotopic (exact) mass is 605 g/mol. The molecule has 3 aromatic carbocycles. The van der Waals surface area contributed by atoms with Gasteiger partial charge in [0.1, 0.15) is 18.3 Å². The quantitative estimate of drug-likeness (QED) is 0.296. The molecule has 0 unspecified atom stereocenters. The summed E-state index contributed by atoms with van der Waals surface area (Å²) in [5.74, 6) is -0.474. The van der Waals surface area contributed by atoms with Gasteiger partial charge in [-0.15, -0.1) is 0 Å². The van der Waals surface area contributed by atoms with Crippen molar-refractivity contribution < 1.29 is 22.7 Å². The van der Waals surface area contributed by atoms with Gasteiger partial charge in [0.25, 0.3) is 10.0 Å². The van der Waals surface area contributed by atoms with Crippen LogP contribution in [0.3, 0.4) is 0 Å². The molecule has 214 valence electrons. The van der Waals surface area contributed by atoms with Crippen LogP contribution in [-0.2, 0) is 26.2 Å². The zero-order valence-electron chi connectivity index (χ0n) is 22.9. The van der Waals surface area contributed by atoms with Crippen LogP contribution in [0.5, 0.6) is 5.75 Å². The minimum absolute atomic E-state index is 0.0122. The molecule has 0 saturated heterocycles. The highest BCUT2D eigenvalue weighted by molar-refractivity contribution is 7.92. The van der Waals surface area contributed by atoms with Crippen molar-refractivity contribution in [1.29, 1.82) is 0 Å². The van der Waals surface area contributed by atoms with Gasteiger partial charge in [0.2, 0.25) is 11.8 Å². The van der Waals surface area contributed by atoms with Crippen molar-refractivity contribution >= 4 is 50.7 Å². The summed E-state index contributed by atoms with van der Waals surface area (Å²) in [4.78, 5) is 28.0. The highest BCUT2D eigenvalue weighted by Gasteiger charge is 2.33. The molecule has 40 heavy (non-hydrogen) atoms. The molecular weight excluding hydrogens is 573 g/mol. The third-order valence-corrected chi connectivity index (χ3v) is 8.73. The number of rotatable bonds is 12. The van der Waals surface area contributed by atoms with E-state index in [1.807, 2.05) is 13.8 Å². The van der Waals surface area contributed by atoms with E-state index in [0.717, 1.165) is 9.87 Å². The third kappa shape index (κ3) is 7.47. The van der Waals surface area contributed by atoms with Crippen molar-refractivity contribution in [3.05, 3.63) is 87.9 Å². The molecule has 8 nitrogen and oxygen atoms in total.